The number of thiophene rings is 1. The first-order chi connectivity index (χ1) is 16.0. The lowest BCUT2D eigenvalue weighted by Gasteiger charge is -2.44. The number of amides is 3. The summed E-state index contributed by atoms with van der Waals surface area (Å²) in [6.07, 6.45) is 3.13. The third-order valence-electron chi connectivity index (χ3n) is 6.20. The van der Waals surface area contributed by atoms with Crippen molar-refractivity contribution >= 4 is 44.3 Å². The van der Waals surface area contributed by atoms with Crippen LogP contribution in [0, 0.1) is 0 Å². The number of anilines is 1. The van der Waals surface area contributed by atoms with Crippen molar-refractivity contribution in [2.45, 2.75) is 31.8 Å². The van der Waals surface area contributed by atoms with Crippen LogP contribution in [0.5, 0.6) is 5.75 Å². The molecular weight excluding hydrogens is 440 g/mol. The molecule has 0 aliphatic carbocycles. The summed E-state index contributed by atoms with van der Waals surface area (Å²) in [5.74, 6) is 0.551. The summed E-state index contributed by atoms with van der Waals surface area (Å²) in [6, 6.07) is 10.6. The van der Waals surface area contributed by atoms with E-state index >= 15 is 0 Å². The number of Topliss-reactive ketones (excluding diaryl/α,β-unsaturated/α-hetero) is 1. The molecule has 1 fully saturated rings. The molecule has 0 bridgehead atoms. The third-order valence-corrected chi connectivity index (χ3v) is 7.23. The molecule has 2 aromatic heterocycles. The molecule has 0 radical (unpaired) electrons. The molecule has 3 aromatic rings. The minimum absolute atomic E-state index is 0.0833. The maximum atomic E-state index is 13.6. The Bertz CT molecular complexity index is 1250. The van der Waals surface area contributed by atoms with Crippen molar-refractivity contribution in [3.05, 3.63) is 53.7 Å². The molecule has 2 aliphatic heterocycles. The molecule has 0 saturated carbocycles. The molecule has 170 valence electrons. The van der Waals surface area contributed by atoms with Crippen LogP contribution in [0.1, 0.15) is 46.9 Å². The molecule has 2 aliphatic rings. The SMILES string of the molecule is CCNC(=O)Nc1sc2ncccc2c1C(=O)N1CCC2(CC1)CC(=O)c1ccccc1O2. The van der Waals surface area contributed by atoms with E-state index in [1.165, 1.54) is 11.3 Å². The fourth-order valence-electron chi connectivity index (χ4n) is 4.54. The van der Waals surface area contributed by atoms with E-state index in [-0.39, 0.29) is 17.7 Å². The summed E-state index contributed by atoms with van der Waals surface area (Å²) < 4.78 is 6.29. The summed E-state index contributed by atoms with van der Waals surface area (Å²) in [5, 5.41) is 6.71. The van der Waals surface area contributed by atoms with Crippen LogP contribution in [0.15, 0.2) is 42.6 Å². The van der Waals surface area contributed by atoms with Gasteiger partial charge in [-0.2, -0.15) is 0 Å². The number of para-hydroxylation sites is 1. The standard InChI is InChI=1S/C24H24N4O4S/c1-2-25-23(31)27-21-19(16-7-5-11-26-20(16)33-21)22(30)28-12-9-24(10-13-28)14-17(29)15-6-3-4-8-18(15)32-24/h3-8,11H,2,9-10,12-14H2,1H3,(H2,25,27,31). The van der Waals surface area contributed by atoms with Crippen LogP contribution in [0.2, 0.25) is 0 Å². The second-order valence-corrected chi connectivity index (χ2v) is 9.32. The number of benzene rings is 1. The normalized spacial score (nSPS) is 16.9. The maximum Gasteiger partial charge on any atom is 0.319 e. The summed E-state index contributed by atoms with van der Waals surface area (Å²) in [7, 11) is 0. The molecule has 2 N–H and O–H groups in total. The number of ketones is 1. The first-order valence-electron chi connectivity index (χ1n) is 11.0. The molecule has 3 amide bonds. The van der Waals surface area contributed by atoms with E-state index in [1.807, 2.05) is 31.2 Å². The highest BCUT2D eigenvalue weighted by Gasteiger charge is 2.44. The lowest BCUT2D eigenvalue weighted by atomic mass is 9.82. The van der Waals surface area contributed by atoms with E-state index in [0.29, 0.717) is 65.6 Å². The lowest BCUT2D eigenvalue weighted by Crippen LogP contribution is -2.52. The van der Waals surface area contributed by atoms with E-state index in [4.69, 9.17) is 4.74 Å². The number of aromatic nitrogens is 1. The van der Waals surface area contributed by atoms with Gasteiger partial charge in [-0.1, -0.05) is 23.5 Å². The minimum Gasteiger partial charge on any atom is -0.486 e. The number of carbonyl (C=O) groups is 3. The summed E-state index contributed by atoms with van der Waals surface area (Å²) in [5.41, 5.74) is 0.499. The summed E-state index contributed by atoms with van der Waals surface area (Å²) >= 11 is 1.28. The fourth-order valence-corrected chi connectivity index (χ4v) is 5.57. The number of fused-ring (bicyclic) bond motifs is 2. The Morgan fingerprint density at radius 1 is 1.18 bits per heavy atom. The number of carbonyl (C=O) groups excluding carboxylic acids is 3. The molecule has 4 heterocycles. The number of piperidine rings is 1. The lowest BCUT2D eigenvalue weighted by molar-refractivity contribution is -0.00562. The van der Waals surface area contributed by atoms with Crippen LogP contribution in [-0.4, -0.2) is 52.8 Å². The number of hydrogen-bond acceptors (Lipinski definition) is 6. The number of nitrogens with zero attached hydrogens (tertiary/aromatic N) is 2. The molecular formula is C24H24N4O4S. The first-order valence-corrected chi connectivity index (χ1v) is 11.8. The van der Waals surface area contributed by atoms with Crippen LogP contribution in [-0.2, 0) is 0 Å². The number of hydrogen-bond donors (Lipinski definition) is 2. The Labute approximate surface area is 194 Å². The van der Waals surface area contributed by atoms with E-state index < -0.39 is 5.60 Å². The van der Waals surface area contributed by atoms with Gasteiger partial charge in [0.05, 0.1) is 17.5 Å². The number of urea groups is 1. The quantitative estimate of drug-likeness (QED) is 0.608. The molecule has 0 atom stereocenters. The Morgan fingerprint density at radius 3 is 2.76 bits per heavy atom. The van der Waals surface area contributed by atoms with Crippen molar-refractivity contribution in [2.24, 2.45) is 0 Å². The topological polar surface area (TPSA) is 101 Å². The van der Waals surface area contributed by atoms with Crippen molar-refractivity contribution in [3.63, 3.8) is 0 Å². The van der Waals surface area contributed by atoms with Gasteiger partial charge in [0.15, 0.2) is 5.78 Å². The van der Waals surface area contributed by atoms with E-state index in [2.05, 4.69) is 15.6 Å². The van der Waals surface area contributed by atoms with Gasteiger partial charge in [0.25, 0.3) is 5.91 Å². The smallest absolute Gasteiger partial charge is 0.319 e. The Hall–Kier alpha value is -3.46. The van der Waals surface area contributed by atoms with Crippen molar-refractivity contribution < 1.29 is 19.1 Å². The zero-order chi connectivity index (χ0) is 23.0. The Morgan fingerprint density at radius 2 is 1.97 bits per heavy atom. The van der Waals surface area contributed by atoms with E-state index in [0.717, 1.165) is 5.39 Å². The first kappa shape index (κ1) is 21.4. The van der Waals surface area contributed by atoms with Gasteiger partial charge in [0.2, 0.25) is 0 Å². The van der Waals surface area contributed by atoms with Crippen LogP contribution < -0.4 is 15.4 Å². The van der Waals surface area contributed by atoms with Crippen LogP contribution in [0.4, 0.5) is 9.80 Å². The van der Waals surface area contributed by atoms with Gasteiger partial charge >= 0.3 is 6.03 Å². The number of likely N-dealkylation sites (tertiary alicyclic amines) is 1. The fraction of sp³-hybridized carbons (Fsp3) is 0.333. The van der Waals surface area contributed by atoms with E-state index in [9.17, 15) is 14.4 Å². The van der Waals surface area contributed by atoms with Crippen molar-refractivity contribution in [1.29, 1.82) is 0 Å². The monoisotopic (exact) mass is 464 g/mol. The van der Waals surface area contributed by atoms with Gasteiger partial charge in [-0.25, -0.2) is 9.78 Å². The van der Waals surface area contributed by atoms with Gasteiger partial charge in [0, 0.05) is 44.1 Å². The average Bonchev–Trinajstić information content (AvgIpc) is 3.17. The van der Waals surface area contributed by atoms with Gasteiger partial charge in [-0.05, 0) is 31.2 Å². The highest BCUT2D eigenvalue weighted by molar-refractivity contribution is 7.23. The highest BCUT2D eigenvalue weighted by atomic mass is 32.1. The van der Waals surface area contributed by atoms with Gasteiger partial charge in [0.1, 0.15) is 21.2 Å². The highest BCUT2D eigenvalue weighted by Crippen LogP contribution is 2.41. The molecule has 5 rings (SSSR count). The molecule has 1 spiro atoms. The Kier molecular flexibility index (Phi) is 5.49. The van der Waals surface area contributed by atoms with Crippen molar-refractivity contribution in [3.8, 4) is 5.75 Å². The number of nitrogens with one attached hydrogen (secondary N) is 2. The van der Waals surface area contributed by atoms with E-state index in [1.54, 1.807) is 23.2 Å². The van der Waals surface area contributed by atoms with Crippen LogP contribution in [0.3, 0.4) is 0 Å². The second kappa shape index (κ2) is 8.47. The maximum absolute atomic E-state index is 13.6. The molecule has 9 heteroatoms. The van der Waals surface area contributed by atoms with Crippen molar-refractivity contribution in [1.82, 2.24) is 15.2 Å². The predicted octanol–water partition coefficient (Wildman–Crippen LogP) is 4.08. The number of ether oxygens (including phenoxy) is 1. The van der Waals surface area contributed by atoms with Gasteiger partial charge in [-0.15, -0.1) is 0 Å². The average molecular weight is 465 g/mol. The second-order valence-electron chi connectivity index (χ2n) is 8.32. The Balaban J connectivity index is 1.37. The summed E-state index contributed by atoms with van der Waals surface area (Å²) in [6.45, 7) is 3.24. The number of rotatable bonds is 3. The van der Waals surface area contributed by atoms with Gasteiger partial charge in [-0.3, -0.25) is 14.9 Å². The third kappa shape index (κ3) is 3.93. The van der Waals surface area contributed by atoms with Crippen LogP contribution >= 0.6 is 11.3 Å². The molecule has 1 saturated heterocycles. The van der Waals surface area contributed by atoms with Crippen molar-refractivity contribution in [2.75, 3.05) is 25.0 Å². The summed E-state index contributed by atoms with van der Waals surface area (Å²) in [4.78, 5) is 45.3. The molecule has 1 aromatic carbocycles. The zero-order valence-corrected chi connectivity index (χ0v) is 19.0. The molecule has 8 nitrogen and oxygen atoms in total. The number of pyridine rings is 1. The molecule has 0 unspecified atom stereocenters. The molecule has 33 heavy (non-hydrogen) atoms. The largest absolute Gasteiger partial charge is 0.486 e. The van der Waals surface area contributed by atoms with Gasteiger partial charge < -0.3 is 15.0 Å². The zero-order valence-electron chi connectivity index (χ0n) is 18.2. The predicted molar refractivity (Wildman–Crippen MR) is 126 cm³/mol. The minimum atomic E-state index is -0.581. The van der Waals surface area contributed by atoms with Crippen LogP contribution in [0.25, 0.3) is 10.2 Å².